The number of aryl methyl sites for hydroxylation is 2. The van der Waals surface area contributed by atoms with Gasteiger partial charge in [0.1, 0.15) is 5.75 Å². The highest BCUT2D eigenvalue weighted by Gasteiger charge is 2.20. The zero-order chi connectivity index (χ0) is 28.8. The minimum atomic E-state index is -0.127. The topological polar surface area (TPSA) is 46.5 Å². The van der Waals surface area contributed by atoms with Gasteiger partial charge in [0.2, 0.25) is 0 Å². The van der Waals surface area contributed by atoms with E-state index in [0.29, 0.717) is 25.2 Å². The number of benzene rings is 1. The first-order chi connectivity index (χ1) is 18.8. The molecule has 0 saturated heterocycles. The number of rotatable bonds is 24. The maximum Gasteiger partial charge on any atom is 0.306 e. The molecule has 226 valence electrons. The van der Waals surface area contributed by atoms with Crippen LogP contribution in [-0.4, -0.2) is 17.7 Å². The second-order valence-electron chi connectivity index (χ2n) is 13.0. The normalized spacial score (nSPS) is 11.7. The Morgan fingerprint density at radius 1 is 0.692 bits per heavy atom. The SMILES string of the molecule is CCCCCCCCCCCCCCCCCCCCCCOC(=O)CCc1cc(C)c(O)c(C(C)(C)C)c1. The molecule has 0 atom stereocenters. The molecule has 0 aliphatic rings. The highest BCUT2D eigenvalue weighted by molar-refractivity contribution is 5.69. The van der Waals surface area contributed by atoms with E-state index in [1.54, 1.807) is 0 Å². The van der Waals surface area contributed by atoms with Crippen LogP contribution in [0.2, 0.25) is 0 Å². The van der Waals surface area contributed by atoms with E-state index in [1.165, 1.54) is 116 Å². The third-order valence-corrected chi connectivity index (χ3v) is 8.05. The summed E-state index contributed by atoms with van der Waals surface area (Å²) in [7, 11) is 0. The van der Waals surface area contributed by atoms with Crippen molar-refractivity contribution >= 4 is 5.97 Å². The summed E-state index contributed by atoms with van der Waals surface area (Å²) in [5, 5.41) is 10.4. The van der Waals surface area contributed by atoms with Crippen LogP contribution in [0.4, 0.5) is 0 Å². The third kappa shape index (κ3) is 18.5. The Labute approximate surface area is 242 Å². The number of carbonyl (C=O) groups is 1. The molecule has 0 aliphatic carbocycles. The molecule has 0 saturated carbocycles. The number of ether oxygens (including phenoxy) is 1. The van der Waals surface area contributed by atoms with Gasteiger partial charge in [-0.1, -0.05) is 162 Å². The van der Waals surface area contributed by atoms with E-state index in [4.69, 9.17) is 4.74 Å². The van der Waals surface area contributed by atoms with Gasteiger partial charge in [-0.2, -0.15) is 0 Å². The van der Waals surface area contributed by atoms with Crippen molar-refractivity contribution in [2.75, 3.05) is 6.61 Å². The number of hydrogen-bond acceptors (Lipinski definition) is 3. The molecular formula is C36H64O3. The van der Waals surface area contributed by atoms with Crippen molar-refractivity contribution < 1.29 is 14.6 Å². The van der Waals surface area contributed by atoms with Gasteiger partial charge in [0.25, 0.3) is 0 Å². The van der Waals surface area contributed by atoms with E-state index < -0.39 is 0 Å². The standard InChI is InChI=1S/C36H64O3/c1-6-7-8-9-10-11-12-13-14-15-16-17-18-19-20-21-22-23-24-25-28-39-34(37)27-26-32-29-31(2)35(38)33(30-32)36(3,4)5/h29-30,38H,6-28H2,1-5H3. The van der Waals surface area contributed by atoms with Gasteiger partial charge >= 0.3 is 5.97 Å². The Kier molecular flexibility index (Phi) is 20.2. The molecule has 0 amide bonds. The van der Waals surface area contributed by atoms with Crippen molar-refractivity contribution in [1.29, 1.82) is 0 Å². The fourth-order valence-electron chi connectivity index (χ4n) is 5.43. The number of hydrogen-bond donors (Lipinski definition) is 1. The van der Waals surface area contributed by atoms with E-state index in [0.717, 1.165) is 29.5 Å². The van der Waals surface area contributed by atoms with Gasteiger partial charge in [-0.25, -0.2) is 0 Å². The van der Waals surface area contributed by atoms with Crippen molar-refractivity contribution in [2.24, 2.45) is 0 Å². The molecule has 1 aromatic carbocycles. The lowest BCUT2D eigenvalue weighted by atomic mass is 9.83. The van der Waals surface area contributed by atoms with Crippen molar-refractivity contribution in [3.63, 3.8) is 0 Å². The molecule has 1 N–H and O–H groups in total. The molecule has 0 heterocycles. The van der Waals surface area contributed by atoms with Crippen molar-refractivity contribution in [3.05, 3.63) is 28.8 Å². The van der Waals surface area contributed by atoms with Gasteiger partial charge in [-0.05, 0) is 41.9 Å². The summed E-state index contributed by atoms with van der Waals surface area (Å²) in [6, 6.07) is 4.02. The molecule has 0 fully saturated rings. The number of phenolic OH excluding ortho intramolecular Hbond substituents is 1. The average molecular weight is 545 g/mol. The summed E-state index contributed by atoms with van der Waals surface area (Å²) in [6.07, 6.45) is 28.5. The molecular weight excluding hydrogens is 480 g/mol. The minimum absolute atomic E-state index is 0.115. The zero-order valence-electron chi connectivity index (χ0n) is 26.7. The summed E-state index contributed by atoms with van der Waals surface area (Å²) in [5.41, 5.74) is 2.77. The number of esters is 1. The molecule has 0 aromatic heterocycles. The highest BCUT2D eigenvalue weighted by atomic mass is 16.5. The molecule has 0 unspecified atom stereocenters. The predicted octanol–water partition coefficient (Wildman–Crippen LogP) is 11.3. The molecule has 1 aromatic rings. The van der Waals surface area contributed by atoms with Crippen LogP contribution in [0.1, 0.15) is 179 Å². The first-order valence-corrected chi connectivity index (χ1v) is 16.7. The highest BCUT2D eigenvalue weighted by Crippen LogP contribution is 2.34. The third-order valence-electron chi connectivity index (χ3n) is 8.05. The summed E-state index contributed by atoms with van der Waals surface area (Å²) in [5.74, 6) is 0.254. The number of aromatic hydroxyl groups is 1. The van der Waals surface area contributed by atoms with Crippen LogP contribution >= 0.6 is 0 Å². The summed E-state index contributed by atoms with van der Waals surface area (Å²) in [6.45, 7) is 11.0. The van der Waals surface area contributed by atoms with E-state index in [-0.39, 0.29) is 11.4 Å². The van der Waals surface area contributed by atoms with Crippen LogP contribution in [0.25, 0.3) is 0 Å². The van der Waals surface area contributed by atoms with E-state index in [1.807, 2.05) is 19.1 Å². The second-order valence-corrected chi connectivity index (χ2v) is 13.0. The van der Waals surface area contributed by atoms with E-state index in [2.05, 4.69) is 27.7 Å². The van der Waals surface area contributed by atoms with Crippen molar-refractivity contribution in [1.82, 2.24) is 0 Å². The van der Waals surface area contributed by atoms with Crippen LogP contribution < -0.4 is 0 Å². The molecule has 0 radical (unpaired) electrons. The summed E-state index contributed by atoms with van der Waals surface area (Å²) in [4.78, 5) is 12.2. The molecule has 3 heteroatoms. The lowest BCUT2D eigenvalue weighted by Gasteiger charge is -2.22. The van der Waals surface area contributed by atoms with Gasteiger partial charge in [-0.15, -0.1) is 0 Å². The molecule has 1 rings (SSSR count). The van der Waals surface area contributed by atoms with Gasteiger partial charge in [-0.3, -0.25) is 4.79 Å². The Balaban J connectivity index is 1.89. The quantitative estimate of drug-likeness (QED) is 0.104. The van der Waals surface area contributed by atoms with Crippen LogP contribution in [0, 0.1) is 6.92 Å². The molecule has 3 nitrogen and oxygen atoms in total. The van der Waals surface area contributed by atoms with Crippen molar-refractivity contribution in [3.8, 4) is 5.75 Å². The Bertz CT molecular complexity index is 746. The summed E-state index contributed by atoms with van der Waals surface area (Å²) >= 11 is 0. The van der Waals surface area contributed by atoms with Crippen LogP contribution in [0.3, 0.4) is 0 Å². The Morgan fingerprint density at radius 2 is 1.10 bits per heavy atom. The summed E-state index contributed by atoms with van der Waals surface area (Å²) < 4.78 is 5.46. The number of unbranched alkanes of at least 4 members (excludes halogenated alkanes) is 19. The largest absolute Gasteiger partial charge is 0.507 e. The van der Waals surface area contributed by atoms with Gasteiger partial charge < -0.3 is 9.84 Å². The first-order valence-electron chi connectivity index (χ1n) is 16.7. The fraction of sp³-hybridized carbons (Fsp3) is 0.806. The van der Waals surface area contributed by atoms with Crippen molar-refractivity contribution in [2.45, 2.75) is 181 Å². The average Bonchev–Trinajstić information content (AvgIpc) is 2.89. The van der Waals surface area contributed by atoms with Gasteiger partial charge in [0.05, 0.1) is 6.61 Å². The Morgan fingerprint density at radius 3 is 1.51 bits per heavy atom. The van der Waals surface area contributed by atoms with E-state index >= 15 is 0 Å². The molecule has 0 bridgehead atoms. The van der Waals surface area contributed by atoms with E-state index in [9.17, 15) is 9.90 Å². The monoisotopic (exact) mass is 544 g/mol. The second kappa shape index (κ2) is 22.2. The smallest absolute Gasteiger partial charge is 0.306 e. The number of phenols is 1. The van der Waals surface area contributed by atoms with Crippen LogP contribution in [0.5, 0.6) is 5.75 Å². The van der Waals surface area contributed by atoms with Gasteiger partial charge in [0, 0.05) is 6.42 Å². The lowest BCUT2D eigenvalue weighted by molar-refractivity contribution is -0.143. The lowest BCUT2D eigenvalue weighted by Crippen LogP contribution is -2.13. The minimum Gasteiger partial charge on any atom is -0.507 e. The number of carbonyl (C=O) groups excluding carboxylic acids is 1. The molecule has 39 heavy (non-hydrogen) atoms. The zero-order valence-corrected chi connectivity index (χ0v) is 26.7. The van der Waals surface area contributed by atoms with Gasteiger partial charge in [0.15, 0.2) is 0 Å². The predicted molar refractivity (Wildman–Crippen MR) is 169 cm³/mol. The maximum atomic E-state index is 12.2. The van der Waals surface area contributed by atoms with Crippen LogP contribution in [0.15, 0.2) is 12.1 Å². The first kappa shape index (κ1) is 35.5. The molecule has 0 aliphatic heterocycles. The van der Waals surface area contributed by atoms with Crippen LogP contribution in [-0.2, 0) is 21.4 Å². The Hall–Kier alpha value is -1.51. The maximum absolute atomic E-state index is 12.2. The fourth-order valence-corrected chi connectivity index (χ4v) is 5.43. The molecule has 0 spiro atoms.